The van der Waals surface area contributed by atoms with Crippen molar-refractivity contribution in [1.29, 1.82) is 0 Å². The van der Waals surface area contributed by atoms with Crippen LogP contribution in [0.2, 0.25) is 0 Å². The van der Waals surface area contributed by atoms with Gasteiger partial charge in [0.05, 0.1) is 5.92 Å². The Kier molecular flexibility index (Phi) is 4.64. The normalized spacial score (nSPS) is 17.5. The van der Waals surface area contributed by atoms with Gasteiger partial charge in [0, 0.05) is 0 Å². The fourth-order valence-electron chi connectivity index (χ4n) is 1.37. The van der Waals surface area contributed by atoms with E-state index in [1.54, 1.807) is 20.8 Å². The molecule has 0 aliphatic rings. The van der Waals surface area contributed by atoms with Crippen LogP contribution in [0.15, 0.2) is 0 Å². The molecule has 1 unspecified atom stereocenters. The average molecular weight is 182 g/mol. The minimum Gasteiger partial charge on any atom is -0.171 e. The monoisotopic (exact) mass is 182 g/mol. The van der Waals surface area contributed by atoms with E-state index in [4.69, 9.17) is 0 Å². The Labute approximate surface area is 72.2 Å². The van der Waals surface area contributed by atoms with Crippen LogP contribution in [-0.2, 0) is 0 Å². The van der Waals surface area contributed by atoms with Crippen molar-refractivity contribution in [3.05, 3.63) is 0 Å². The number of halogens is 3. The Morgan fingerprint density at radius 3 is 1.92 bits per heavy atom. The van der Waals surface area contributed by atoms with Gasteiger partial charge in [0.1, 0.15) is 0 Å². The molecule has 0 nitrogen and oxygen atoms in total. The Balaban J connectivity index is 4.22. The molecule has 0 amide bonds. The lowest BCUT2D eigenvalue weighted by molar-refractivity contribution is -0.189. The molecule has 0 aromatic carbocycles. The highest BCUT2D eigenvalue weighted by Crippen LogP contribution is 2.36. The van der Waals surface area contributed by atoms with E-state index in [1.165, 1.54) is 0 Å². The third-order valence-electron chi connectivity index (χ3n) is 2.35. The van der Waals surface area contributed by atoms with E-state index < -0.39 is 12.1 Å². The van der Waals surface area contributed by atoms with E-state index in [-0.39, 0.29) is 12.3 Å². The minimum atomic E-state index is -4.01. The number of rotatable bonds is 4. The molecule has 0 aromatic heterocycles. The second-order valence-electron chi connectivity index (χ2n) is 3.32. The molecular weight excluding hydrogens is 165 g/mol. The van der Waals surface area contributed by atoms with Crippen LogP contribution < -0.4 is 0 Å². The summed E-state index contributed by atoms with van der Waals surface area (Å²) < 4.78 is 37.0. The summed E-state index contributed by atoms with van der Waals surface area (Å²) in [6.07, 6.45) is -2.54. The van der Waals surface area contributed by atoms with Gasteiger partial charge in [-0.05, 0) is 12.3 Å². The van der Waals surface area contributed by atoms with E-state index in [1.807, 2.05) is 0 Å². The summed E-state index contributed by atoms with van der Waals surface area (Å²) in [4.78, 5) is 0. The Hall–Kier alpha value is -0.210. The molecule has 0 bridgehead atoms. The second kappa shape index (κ2) is 4.73. The van der Waals surface area contributed by atoms with Crippen LogP contribution in [-0.4, -0.2) is 6.18 Å². The van der Waals surface area contributed by atoms with E-state index in [0.717, 1.165) is 0 Å². The maximum atomic E-state index is 12.3. The predicted octanol–water partition coefficient (Wildman–Crippen LogP) is 4.01. The maximum Gasteiger partial charge on any atom is 0.392 e. The topological polar surface area (TPSA) is 0 Å². The van der Waals surface area contributed by atoms with Crippen molar-refractivity contribution in [1.82, 2.24) is 0 Å². The first-order valence-electron chi connectivity index (χ1n) is 4.50. The van der Waals surface area contributed by atoms with Crippen molar-refractivity contribution in [3.63, 3.8) is 0 Å². The lowest BCUT2D eigenvalue weighted by Crippen LogP contribution is -2.28. The van der Waals surface area contributed by atoms with Crippen molar-refractivity contribution in [2.45, 2.75) is 46.2 Å². The fraction of sp³-hybridized carbons (Fsp3) is 1.00. The molecule has 12 heavy (non-hydrogen) atoms. The molecule has 0 fully saturated rings. The summed E-state index contributed by atoms with van der Waals surface area (Å²) in [5.41, 5.74) is 0. The Morgan fingerprint density at radius 1 is 1.17 bits per heavy atom. The van der Waals surface area contributed by atoms with Crippen molar-refractivity contribution in [2.75, 3.05) is 0 Å². The van der Waals surface area contributed by atoms with Crippen LogP contribution in [0.4, 0.5) is 13.2 Å². The van der Waals surface area contributed by atoms with Gasteiger partial charge in [-0.2, -0.15) is 13.2 Å². The number of hydrogen-bond acceptors (Lipinski definition) is 0. The second-order valence-corrected chi connectivity index (χ2v) is 3.32. The average Bonchev–Trinajstić information content (AvgIpc) is 1.96. The lowest BCUT2D eigenvalue weighted by Gasteiger charge is -2.24. The number of hydrogen-bond donors (Lipinski definition) is 0. The van der Waals surface area contributed by atoms with Gasteiger partial charge in [-0.3, -0.25) is 0 Å². The summed E-state index contributed by atoms with van der Waals surface area (Å²) in [5, 5.41) is 0. The molecule has 74 valence electrons. The highest BCUT2D eigenvalue weighted by molar-refractivity contribution is 4.72. The first-order chi connectivity index (χ1) is 5.43. The van der Waals surface area contributed by atoms with Gasteiger partial charge in [-0.15, -0.1) is 0 Å². The molecule has 0 N–H and O–H groups in total. The van der Waals surface area contributed by atoms with Crippen molar-refractivity contribution >= 4 is 0 Å². The zero-order chi connectivity index (χ0) is 9.78. The SMILES string of the molecule is CCC[C@@H](C(C)CC)C(F)(F)F. The minimum absolute atomic E-state index is 0.245. The largest absolute Gasteiger partial charge is 0.392 e. The summed E-state index contributed by atoms with van der Waals surface area (Å²) >= 11 is 0. The smallest absolute Gasteiger partial charge is 0.171 e. The summed E-state index contributed by atoms with van der Waals surface area (Å²) in [6.45, 7) is 5.27. The predicted molar refractivity (Wildman–Crippen MR) is 43.9 cm³/mol. The molecule has 0 aromatic rings. The first kappa shape index (κ1) is 11.8. The summed E-state index contributed by atoms with van der Waals surface area (Å²) in [5.74, 6) is -1.35. The van der Waals surface area contributed by atoms with Gasteiger partial charge in [-0.1, -0.05) is 33.6 Å². The van der Waals surface area contributed by atoms with Crippen molar-refractivity contribution in [3.8, 4) is 0 Å². The molecular formula is C9H17F3. The van der Waals surface area contributed by atoms with E-state index in [9.17, 15) is 13.2 Å². The number of alkyl halides is 3. The van der Waals surface area contributed by atoms with Crippen LogP contribution in [0.1, 0.15) is 40.0 Å². The Morgan fingerprint density at radius 2 is 1.67 bits per heavy atom. The van der Waals surface area contributed by atoms with Crippen LogP contribution in [0, 0.1) is 11.8 Å². The fourth-order valence-corrected chi connectivity index (χ4v) is 1.37. The van der Waals surface area contributed by atoms with Gasteiger partial charge < -0.3 is 0 Å². The van der Waals surface area contributed by atoms with Crippen molar-refractivity contribution in [2.24, 2.45) is 11.8 Å². The zero-order valence-electron chi connectivity index (χ0n) is 7.91. The highest BCUT2D eigenvalue weighted by atomic mass is 19.4. The van der Waals surface area contributed by atoms with Crippen LogP contribution >= 0.6 is 0 Å². The molecule has 0 spiro atoms. The molecule has 0 heterocycles. The van der Waals surface area contributed by atoms with E-state index in [2.05, 4.69) is 0 Å². The first-order valence-corrected chi connectivity index (χ1v) is 4.50. The van der Waals surface area contributed by atoms with Gasteiger partial charge in [0.2, 0.25) is 0 Å². The molecule has 0 radical (unpaired) electrons. The Bertz CT molecular complexity index is 117. The molecule has 0 aliphatic carbocycles. The van der Waals surface area contributed by atoms with Gasteiger partial charge in [0.25, 0.3) is 0 Å². The maximum absolute atomic E-state index is 12.3. The lowest BCUT2D eigenvalue weighted by atomic mass is 9.87. The standard InChI is InChI=1S/C9H17F3/c1-4-6-8(7(3)5-2)9(10,11)12/h7-8H,4-6H2,1-3H3/t7?,8-/m0/s1. The molecule has 0 saturated carbocycles. The van der Waals surface area contributed by atoms with Crippen LogP contribution in [0.25, 0.3) is 0 Å². The van der Waals surface area contributed by atoms with Gasteiger partial charge in [0.15, 0.2) is 0 Å². The quantitative estimate of drug-likeness (QED) is 0.616. The van der Waals surface area contributed by atoms with E-state index >= 15 is 0 Å². The third kappa shape index (κ3) is 3.46. The molecule has 2 atom stereocenters. The van der Waals surface area contributed by atoms with Crippen molar-refractivity contribution < 1.29 is 13.2 Å². The van der Waals surface area contributed by atoms with Gasteiger partial charge in [-0.25, -0.2) is 0 Å². The molecule has 0 aliphatic heterocycles. The zero-order valence-corrected chi connectivity index (χ0v) is 7.91. The molecule has 0 rings (SSSR count). The summed E-state index contributed by atoms with van der Waals surface area (Å²) in [7, 11) is 0. The molecule has 0 saturated heterocycles. The van der Waals surface area contributed by atoms with Gasteiger partial charge >= 0.3 is 6.18 Å². The van der Waals surface area contributed by atoms with E-state index in [0.29, 0.717) is 12.8 Å². The highest BCUT2D eigenvalue weighted by Gasteiger charge is 2.41. The third-order valence-corrected chi connectivity index (χ3v) is 2.35. The molecule has 3 heteroatoms. The summed E-state index contributed by atoms with van der Waals surface area (Å²) in [6, 6.07) is 0. The van der Waals surface area contributed by atoms with Crippen LogP contribution in [0.5, 0.6) is 0 Å². The van der Waals surface area contributed by atoms with Crippen LogP contribution in [0.3, 0.4) is 0 Å².